The number of aryl methyl sites for hydroxylation is 2. The zero-order valence-electron chi connectivity index (χ0n) is 19.8. The van der Waals surface area contributed by atoms with Gasteiger partial charge in [0.25, 0.3) is 0 Å². The summed E-state index contributed by atoms with van der Waals surface area (Å²) >= 11 is 0. The summed E-state index contributed by atoms with van der Waals surface area (Å²) < 4.78 is 8.58. The first kappa shape index (κ1) is 24.1. The van der Waals surface area contributed by atoms with Crippen LogP contribution in [0.25, 0.3) is 0 Å². The maximum Gasteiger partial charge on any atom is 0.347 e. The summed E-state index contributed by atoms with van der Waals surface area (Å²) in [5, 5.41) is 17.1. The molecule has 1 heterocycles. The van der Waals surface area contributed by atoms with Crippen molar-refractivity contribution in [3.63, 3.8) is 0 Å². The molecule has 2 N–H and O–H groups in total. The van der Waals surface area contributed by atoms with Gasteiger partial charge in [-0.2, -0.15) is 0 Å². The molecule has 2 aromatic carbocycles. The van der Waals surface area contributed by atoms with Gasteiger partial charge in [-0.1, -0.05) is 36.8 Å². The van der Waals surface area contributed by atoms with E-state index in [4.69, 9.17) is 4.74 Å². The van der Waals surface area contributed by atoms with E-state index in [1.54, 1.807) is 6.92 Å². The van der Waals surface area contributed by atoms with Gasteiger partial charge in [-0.05, 0) is 63.4 Å². The smallest absolute Gasteiger partial charge is 0.347 e. The predicted octanol–water partition coefficient (Wildman–Crippen LogP) is 4.35. The fourth-order valence-corrected chi connectivity index (χ4v) is 3.50. The summed E-state index contributed by atoms with van der Waals surface area (Å²) in [6, 6.07) is 13.6. The summed E-state index contributed by atoms with van der Waals surface area (Å²) in [4.78, 5) is 24.7. The molecule has 8 nitrogen and oxygen atoms in total. The Balaban J connectivity index is 1.96. The Morgan fingerprint density at radius 2 is 1.85 bits per heavy atom. The van der Waals surface area contributed by atoms with Crippen LogP contribution in [0.1, 0.15) is 43.9 Å². The minimum Gasteiger partial charge on any atom is -0.491 e. The van der Waals surface area contributed by atoms with Gasteiger partial charge in [0, 0.05) is 5.69 Å². The van der Waals surface area contributed by atoms with Crippen LogP contribution in [0, 0.1) is 19.8 Å². The summed E-state index contributed by atoms with van der Waals surface area (Å²) in [6.45, 7) is 10.0. The third kappa shape index (κ3) is 6.03. The summed E-state index contributed by atoms with van der Waals surface area (Å²) in [5.41, 5.74) is 3.45. The highest BCUT2D eigenvalue weighted by Crippen LogP contribution is 2.25. The van der Waals surface area contributed by atoms with Crippen LogP contribution in [0.5, 0.6) is 5.75 Å². The highest BCUT2D eigenvalue weighted by Gasteiger charge is 2.21. The van der Waals surface area contributed by atoms with Gasteiger partial charge >= 0.3 is 11.7 Å². The highest BCUT2D eigenvalue weighted by molar-refractivity contribution is 5.69. The van der Waals surface area contributed by atoms with Crippen molar-refractivity contribution in [3.05, 3.63) is 69.6 Å². The number of ether oxygens (including phenoxy) is 1. The van der Waals surface area contributed by atoms with Gasteiger partial charge in [0.05, 0.1) is 25.1 Å². The van der Waals surface area contributed by atoms with Crippen LogP contribution >= 0.6 is 0 Å². The van der Waals surface area contributed by atoms with Gasteiger partial charge in [0.1, 0.15) is 5.75 Å². The highest BCUT2D eigenvalue weighted by atomic mass is 16.5. The number of anilines is 2. The lowest BCUT2D eigenvalue weighted by Gasteiger charge is -2.14. The molecule has 0 unspecified atom stereocenters. The van der Waals surface area contributed by atoms with Crippen LogP contribution in [0.4, 0.5) is 11.6 Å². The second-order valence-electron chi connectivity index (χ2n) is 8.58. The van der Waals surface area contributed by atoms with E-state index in [0.717, 1.165) is 28.1 Å². The van der Waals surface area contributed by atoms with Crippen LogP contribution in [-0.2, 0) is 17.9 Å². The normalized spacial score (nSPS) is 12.1. The van der Waals surface area contributed by atoms with Crippen molar-refractivity contribution < 1.29 is 14.6 Å². The molecule has 3 aromatic rings. The Hall–Kier alpha value is -3.55. The quantitative estimate of drug-likeness (QED) is 0.475. The van der Waals surface area contributed by atoms with Crippen LogP contribution in [0.15, 0.2) is 47.3 Å². The number of nitrogens with one attached hydrogen (secondary N) is 1. The van der Waals surface area contributed by atoms with Gasteiger partial charge in [-0.25, -0.2) is 9.48 Å². The molecule has 0 spiro atoms. The van der Waals surface area contributed by atoms with Crippen LogP contribution in [0.2, 0.25) is 0 Å². The molecule has 8 heteroatoms. The first-order chi connectivity index (χ1) is 15.7. The molecule has 0 saturated heterocycles. The number of hydrogen-bond acceptors (Lipinski definition) is 5. The number of aromatic nitrogens is 3. The van der Waals surface area contributed by atoms with Gasteiger partial charge in [-0.3, -0.25) is 9.36 Å². The lowest BCUT2D eigenvalue weighted by atomic mass is 10.1. The number of carboxylic acid groups (broad SMARTS) is 1. The molecule has 33 heavy (non-hydrogen) atoms. The van der Waals surface area contributed by atoms with E-state index in [2.05, 4.69) is 10.4 Å². The van der Waals surface area contributed by atoms with Crippen molar-refractivity contribution in [2.45, 2.75) is 60.2 Å². The molecule has 0 bridgehead atoms. The number of benzene rings is 2. The molecule has 1 atom stereocenters. The molecule has 0 amide bonds. The van der Waals surface area contributed by atoms with Gasteiger partial charge in [-0.15, -0.1) is 5.10 Å². The first-order valence-corrected chi connectivity index (χ1v) is 11.2. The number of carboxylic acids is 1. The van der Waals surface area contributed by atoms with Crippen molar-refractivity contribution in [1.29, 1.82) is 0 Å². The van der Waals surface area contributed by atoms with Gasteiger partial charge in [0.15, 0.2) is 0 Å². The summed E-state index contributed by atoms with van der Waals surface area (Å²) in [6.07, 6.45) is 0.477. The van der Waals surface area contributed by atoms with E-state index < -0.39 is 11.9 Å². The number of rotatable bonds is 10. The van der Waals surface area contributed by atoms with Gasteiger partial charge < -0.3 is 15.2 Å². The predicted molar refractivity (Wildman–Crippen MR) is 128 cm³/mol. The number of aliphatic carboxylic acids is 1. The average Bonchev–Trinajstić information content (AvgIpc) is 3.03. The number of hydrogen-bond donors (Lipinski definition) is 2. The Morgan fingerprint density at radius 1 is 1.15 bits per heavy atom. The fraction of sp³-hybridized carbons (Fsp3) is 0.400. The molecular weight excluding hydrogens is 420 g/mol. The Morgan fingerprint density at radius 3 is 2.42 bits per heavy atom. The maximum absolute atomic E-state index is 13.2. The molecule has 176 valence electrons. The molecule has 0 aliphatic heterocycles. The van der Waals surface area contributed by atoms with Crippen molar-refractivity contribution in [3.8, 4) is 5.75 Å². The third-order valence-electron chi connectivity index (χ3n) is 5.41. The maximum atomic E-state index is 13.2. The monoisotopic (exact) mass is 452 g/mol. The average molecular weight is 453 g/mol. The molecule has 3 rings (SSSR count). The molecule has 0 radical (unpaired) electrons. The zero-order valence-corrected chi connectivity index (χ0v) is 19.8. The Bertz CT molecular complexity index is 1160. The van der Waals surface area contributed by atoms with E-state index in [1.165, 1.54) is 9.25 Å². The lowest BCUT2D eigenvalue weighted by molar-refractivity contribution is -0.142. The van der Waals surface area contributed by atoms with E-state index in [0.29, 0.717) is 18.9 Å². The second-order valence-corrected chi connectivity index (χ2v) is 8.58. The molecule has 0 fully saturated rings. The van der Waals surface area contributed by atoms with Crippen molar-refractivity contribution >= 4 is 17.6 Å². The van der Waals surface area contributed by atoms with E-state index in [-0.39, 0.29) is 18.3 Å². The van der Waals surface area contributed by atoms with Crippen LogP contribution in [-0.4, -0.2) is 31.5 Å². The largest absolute Gasteiger partial charge is 0.491 e. The van der Waals surface area contributed by atoms with Crippen LogP contribution in [0.3, 0.4) is 0 Å². The topological polar surface area (TPSA) is 98.4 Å². The lowest BCUT2D eigenvalue weighted by Crippen LogP contribution is -2.30. The summed E-state index contributed by atoms with van der Waals surface area (Å²) in [5.74, 6) is -0.473. The molecule has 0 aliphatic carbocycles. The fourth-order valence-electron chi connectivity index (χ4n) is 3.50. The number of carbonyl (C=O) groups is 1. The van der Waals surface area contributed by atoms with Crippen molar-refractivity contribution in [2.75, 3.05) is 5.32 Å². The van der Waals surface area contributed by atoms with Crippen molar-refractivity contribution in [1.82, 2.24) is 14.3 Å². The summed E-state index contributed by atoms with van der Waals surface area (Å²) in [7, 11) is 0. The molecule has 1 aromatic heterocycles. The van der Waals surface area contributed by atoms with E-state index in [1.807, 2.05) is 70.2 Å². The molecule has 0 aliphatic rings. The SMILES string of the molecule is CC[C@@H](Cn1nc(Nc2ccc(OC(C)C)c(C)c2)n(Cc2ccc(C)cc2)c1=O)C(=O)O. The Kier molecular flexibility index (Phi) is 7.58. The van der Waals surface area contributed by atoms with E-state index >= 15 is 0 Å². The zero-order chi connectivity index (χ0) is 24.1. The Labute approximate surface area is 193 Å². The minimum atomic E-state index is -0.941. The van der Waals surface area contributed by atoms with Crippen LogP contribution < -0.4 is 15.7 Å². The molecular formula is C25H32N4O4. The van der Waals surface area contributed by atoms with Crippen molar-refractivity contribution in [2.24, 2.45) is 5.92 Å². The first-order valence-electron chi connectivity index (χ1n) is 11.2. The van der Waals surface area contributed by atoms with E-state index in [9.17, 15) is 14.7 Å². The van der Waals surface area contributed by atoms with Gasteiger partial charge in [0.2, 0.25) is 5.95 Å². The molecule has 0 saturated carbocycles. The minimum absolute atomic E-state index is 0.0143. The third-order valence-corrected chi connectivity index (χ3v) is 5.41. The second kappa shape index (κ2) is 10.4. The standard InChI is InChI=1S/C25H32N4O4/c1-6-20(23(30)31)15-29-25(32)28(14-19-9-7-17(4)8-10-19)24(27-29)26-21-11-12-22(18(5)13-21)33-16(2)3/h7-13,16,20H,6,14-15H2,1-5H3,(H,26,27)(H,30,31)/t20-/m0/s1. The number of nitrogens with zero attached hydrogens (tertiary/aromatic N) is 3.